The zero-order valence-corrected chi connectivity index (χ0v) is 11.2. The lowest BCUT2D eigenvalue weighted by molar-refractivity contribution is 0.00380. The minimum Gasteiger partial charge on any atom is -0.385 e. The van der Waals surface area contributed by atoms with Gasteiger partial charge >= 0.3 is 0 Å². The van der Waals surface area contributed by atoms with Gasteiger partial charge in [-0.25, -0.2) is 18.7 Å². The van der Waals surface area contributed by atoms with Crippen LogP contribution in [0.1, 0.15) is 26.6 Å². The van der Waals surface area contributed by atoms with Gasteiger partial charge in [-0.1, -0.05) is 32.4 Å². The highest BCUT2D eigenvalue weighted by atomic mass is 35.5. The third kappa shape index (κ3) is 4.34. The van der Waals surface area contributed by atoms with Crippen LogP contribution in [-0.2, 0) is 5.41 Å². The molecule has 0 bridgehead atoms. The van der Waals surface area contributed by atoms with Gasteiger partial charge in [-0.3, -0.25) is 0 Å². The first-order chi connectivity index (χ1) is 8.20. The lowest BCUT2D eigenvalue weighted by Gasteiger charge is -2.18. The van der Waals surface area contributed by atoms with Crippen LogP contribution in [0.5, 0.6) is 0 Å². The average Bonchev–Trinajstić information content (AvgIpc) is 2.23. The van der Waals surface area contributed by atoms with Crippen LogP contribution in [0.2, 0.25) is 5.15 Å². The van der Waals surface area contributed by atoms with Crippen molar-refractivity contribution in [3.63, 3.8) is 0 Å². The number of aromatic nitrogens is 2. The number of hydrogen-bond acceptors (Lipinski definition) is 4. The zero-order chi connectivity index (χ0) is 13.9. The van der Waals surface area contributed by atoms with Crippen molar-refractivity contribution in [2.45, 2.75) is 38.7 Å². The van der Waals surface area contributed by atoms with E-state index in [-0.39, 0.29) is 17.1 Å². The van der Waals surface area contributed by atoms with E-state index in [0.717, 1.165) is 0 Å². The van der Waals surface area contributed by atoms with Crippen molar-refractivity contribution in [1.29, 1.82) is 0 Å². The van der Waals surface area contributed by atoms with Crippen molar-refractivity contribution >= 4 is 17.4 Å². The zero-order valence-electron chi connectivity index (χ0n) is 10.4. The molecule has 0 saturated heterocycles. The van der Waals surface area contributed by atoms with Crippen LogP contribution in [0.15, 0.2) is 6.07 Å². The largest absolute Gasteiger partial charge is 0.385 e. The number of halogens is 3. The fraction of sp³-hybridized carbons (Fsp3) is 0.636. The molecule has 0 fully saturated rings. The Balaban J connectivity index is 2.81. The first-order valence-electron chi connectivity index (χ1n) is 5.45. The van der Waals surface area contributed by atoms with Crippen molar-refractivity contribution in [3.05, 3.63) is 17.0 Å². The quantitative estimate of drug-likeness (QED) is 0.832. The summed E-state index contributed by atoms with van der Waals surface area (Å²) < 4.78 is 24.3. The summed E-state index contributed by atoms with van der Waals surface area (Å²) in [5, 5.41) is 11.8. The van der Waals surface area contributed by atoms with Crippen molar-refractivity contribution in [1.82, 2.24) is 9.97 Å². The number of nitrogens with one attached hydrogen (secondary N) is 1. The summed E-state index contributed by atoms with van der Waals surface area (Å²) in [7, 11) is 0. The van der Waals surface area contributed by atoms with E-state index < -0.39 is 12.5 Å². The third-order valence-electron chi connectivity index (χ3n) is 2.15. The summed E-state index contributed by atoms with van der Waals surface area (Å²) in [5.41, 5.74) is -0.303. The van der Waals surface area contributed by atoms with E-state index in [1.165, 1.54) is 6.07 Å². The maximum absolute atomic E-state index is 12.1. The van der Waals surface area contributed by atoms with Crippen molar-refractivity contribution in [2.24, 2.45) is 0 Å². The smallest absolute Gasteiger partial charge is 0.265 e. The standard InChI is InChI=1S/C11H16ClF2N3O/c1-11(2,3)10-16-7(12)4-8(17-10)15-5-6(18)9(13)14/h4,6,9,18H,5H2,1-3H3,(H,15,16,17). The molecule has 0 aromatic carbocycles. The van der Waals surface area contributed by atoms with Gasteiger partial charge in [0.1, 0.15) is 22.9 Å². The summed E-state index contributed by atoms with van der Waals surface area (Å²) >= 11 is 5.83. The minimum atomic E-state index is -2.79. The molecule has 1 heterocycles. The molecule has 1 aromatic rings. The van der Waals surface area contributed by atoms with E-state index in [0.29, 0.717) is 11.6 Å². The first kappa shape index (κ1) is 15.0. The molecule has 0 saturated carbocycles. The summed E-state index contributed by atoms with van der Waals surface area (Å²) in [6, 6.07) is 1.43. The summed E-state index contributed by atoms with van der Waals surface area (Å²) in [6.45, 7) is 5.44. The molecule has 102 valence electrons. The Morgan fingerprint density at radius 1 is 1.39 bits per heavy atom. The first-order valence-corrected chi connectivity index (χ1v) is 5.83. The average molecular weight is 280 g/mol. The van der Waals surface area contributed by atoms with Crippen molar-refractivity contribution in [2.75, 3.05) is 11.9 Å². The second kappa shape index (κ2) is 5.75. The van der Waals surface area contributed by atoms with Crippen molar-refractivity contribution < 1.29 is 13.9 Å². The number of aliphatic hydroxyl groups excluding tert-OH is 1. The fourth-order valence-electron chi connectivity index (χ4n) is 1.14. The Morgan fingerprint density at radius 2 is 2.00 bits per heavy atom. The number of nitrogens with zero attached hydrogens (tertiary/aromatic N) is 2. The summed E-state index contributed by atoms with van der Waals surface area (Å²) in [5.74, 6) is 0.823. The molecule has 7 heteroatoms. The molecule has 0 spiro atoms. The van der Waals surface area contributed by atoms with Gasteiger partial charge in [0.05, 0.1) is 0 Å². The van der Waals surface area contributed by atoms with E-state index >= 15 is 0 Å². The van der Waals surface area contributed by atoms with E-state index in [1.807, 2.05) is 20.8 Å². The van der Waals surface area contributed by atoms with Gasteiger partial charge in [0.25, 0.3) is 6.43 Å². The highest BCUT2D eigenvalue weighted by molar-refractivity contribution is 6.29. The second-order valence-corrected chi connectivity index (χ2v) is 5.32. The van der Waals surface area contributed by atoms with Crippen LogP contribution in [0.25, 0.3) is 0 Å². The van der Waals surface area contributed by atoms with Gasteiger partial charge in [-0.2, -0.15) is 0 Å². The number of hydrogen-bond donors (Lipinski definition) is 2. The lowest BCUT2D eigenvalue weighted by atomic mass is 9.96. The molecule has 0 aliphatic carbocycles. The molecule has 18 heavy (non-hydrogen) atoms. The Kier molecular flexibility index (Phi) is 4.81. The van der Waals surface area contributed by atoms with Crippen LogP contribution >= 0.6 is 11.6 Å². The van der Waals surface area contributed by atoms with Crippen LogP contribution in [0.4, 0.5) is 14.6 Å². The molecule has 1 rings (SSSR count). The van der Waals surface area contributed by atoms with Gasteiger partial charge in [0, 0.05) is 18.0 Å². The minimum absolute atomic E-state index is 0.226. The molecule has 1 unspecified atom stereocenters. The molecule has 0 amide bonds. The van der Waals surface area contributed by atoms with Gasteiger partial charge in [-0.15, -0.1) is 0 Å². The number of aliphatic hydroxyl groups is 1. The lowest BCUT2D eigenvalue weighted by Crippen LogP contribution is -2.27. The Labute approximate surface area is 109 Å². The normalized spacial score (nSPS) is 13.8. The van der Waals surface area contributed by atoms with Gasteiger partial charge in [0.2, 0.25) is 0 Å². The maximum Gasteiger partial charge on any atom is 0.265 e. The summed E-state index contributed by atoms with van der Waals surface area (Å²) in [6.07, 6.45) is -4.53. The molecular formula is C11H16ClF2N3O. The Hall–Kier alpha value is -1.01. The predicted molar refractivity (Wildman–Crippen MR) is 66.2 cm³/mol. The SMILES string of the molecule is CC(C)(C)c1nc(Cl)cc(NCC(O)C(F)F)n1. The molecule has 1 aromatic heterocycles. The molecule has 0 radical (unpaired) electrons. The fourth-order valence-corrected chi connectivity index (χ4v) is 1.33. The molecule has 2 N–H and O–H groups in total. The Morgan fingerprint density at radius 3 is 2.50 bits per heavy atom. The second-order valence-electron chi connectivity index (χ2n) is 4.93. The van der Waals surface area contributed by atoms with E-state index in [9.17, 15) is 8.78 Å². The third-order valence-corrected chi connectivity index (χ3v) is 2.34. The molecule has 0 aliphatic heterocycles. The topological polar surface area (TPSA) is 58.0 Å². The number of alkyl halides is 2. The predicted octanol–water partition coefficient (Wildman–Crippen LogP) is 2.47. The summed E-state index contributed by atoms with van der Waals surface area (Å²) in [4.78, 5) is 8.24. The number of rotatable bonds is 4. The molecule has 1 atom stereocenters. The van der Waals surface area contributed by atoms with E-state index in [1.54, 1.807) is 0 Å². The van der Waals surface area contributed by atoms with Crippen LogP contribution in [0.3, 0.4) is 0 Å². The van der Waals surface area contributed by atoms with Crippen LogP contribution in [0, 0.1) is 0 Å². The van der Waals surface area contributed by atoms with Gasteiger partial charge in [0.15, 0.2) is 0 Å². The van der Waals surface area contributed by atoms with E-state index in [2.05, 4.69) is 15.3 Å². The van der Waals surface area contributed by atoms with Crippen LogP contribution in [-0.4, -0.2) is 34.1 Å². The van der Waals surface area contributed by atoms with Crippen molar-refractivity contribution in [3.8, 4) is 0 Å². The van der Waals surface area contributed by atoms with Gasteiger partial charge < -0.3 is 10.4 Å². The van der Waals surface area contributed by atoms with Gasteiger partial charge in [-0.05, 0) is 0 Å². The number of anilines is 1. The monoisotopic (exact) mass is 279 g/mol. The maximum atomic E-state index is 12.1. The molecular weight excluding hydrogens is 264 g/mol. The highest BCUT2D eigenvalue weighted by Gasteiger charge is 2.20. The van der Waals surface area contributed by atoms with E-state index in [4.69, 9.17) is 16.7 Å². The van der Waals surface area contributed by atoms with Crippen LogP contribution < -0.4 is 5.32 Å². The Bertz CT molecular complexity index is 410. The molecule has 0 aliphatic rings. The highest BCUT2D eigenvalue weighted by Crippen LogP contribution is 2.22. The molecule has 4 nitrogen and oxygen atoms in total.